The van der Waals surface area contributed by atoms with E-state index in [1.807, 2.05) is 48.7 Å². The third-order valence-electron chi connectivity index (χ3n) is 3.31. The lowest BCUT2D eigenvalue weighted by Crippen LogP contribution is -2.51. The van der Waals surface area contributed by atoms with Crippen LogP contribution in [-0.4, -0.2) is 11.9 Å². The number of nitrogens with two attached hydrogens (primary N) is 1. The molecule has 2 atom stereocenters. The summed E-state index contributed by atoms with van der Waals surface area (Å²) < 4.78 is 0. The van der Waals surface area contributed by atoms with Gasteiger partial charge >= 0.3 is 0 Å². The first-order valence-electron chi connectivity index (χ1n) is 6.68. The molecule has 3 N–H and O–H groups in total. The van der Waals surface area contributed by atoms with Gasteiger partial charge in [0.15, 0.2) is 0 Å². The molecular weight excluding hydrogens is 304 g/mol. The molecule has 1 aromatic carbocycles. The van der Waals surface area contributed by atoms with Crippen LogP contribution in [0.5, 0.6) is 0 Å². The number of hydrogen-bond donors (Lipinski definition) is 2. The van der Waals surface area contributed by atoms with E-state index in [9.17, 15) is 4.79 Å². The van der Waals surface area contributed by atoms with Crippen molar-refractivity contribution in [2.75, 3.05) is 0 Å². The van der Waals surface area contributed by atoms with E-state index in [0.29, 0.717) is 0 Å². The predicted molar refractivity (Wildman–Crippen MR) is 90.9 cm³/mol. The second-order valence-corrected chi connectivity index (χ2v) is 6.26. The highest BCUT2D eigenvalue weighted by Crippen LogP contribution is 2.18. The molecule has 0 saturated heterocycles. The smallest absolute Gasteiger partial charge is 0.244 e. The van der Waals surface area contributed by atoms with E-state index < -0.39 is 5.54 Å². The number of rotatable bonds is 5. The van der Waals surface area contributed by atoms with Crippen molar-refractivity contribution in [3.8, 4) is 0 Å². The van der Waals surface area contributed by atoms with Crippen LogP contribution in [-0.2, 0) is 16.8 Å². The lowest BCUT2D eigenvalue weighted by molar-refractivity contribution is -0.126. The van der Waals surface area contributed by atoms with Crippen molar-refractivity contribution < 1.29 is 4.79 Å². The fourth-order valence-electron chi connectivity index (χ4n) is 2.07. The monoisotopic (exact) mass is 324 g/mol. The molecule has 2 unspecified atom stereocenters. The first-order valence-corrected chi connectivity index (χ1v) is 7.56. The van der Waals surface area contributed by atoms with E-state index in [1.54, 1.807) is 18.3 Å². The summed E-state index contributed by atoms with van der Waals surface area (Å²) in [6.07, 6.45) is 0.828. The van der Waals surface area contributed by atoms with Crippen LogP contribution >= 0.6 is 23.7 Å². The molecule has 0 fully saturated rings. The molecule has 0 aliphatic carbocycles. The van der Waals surface area contributed by atoms with Gasteiger partial charge in [0.25, 0.3) is 0 Å². The number of halogens is 1. The van der Waals surface area contributed by atoms with Gasteiger partial charge in [-0.1, -0.05) is 36.4 Å². The van der Waals surface area contributed by atoms with Gasteiger partial charge in [0, 0.05) is 17.3 Å². The van der Waals surface area contributed by atoms with Crippen molar-refractivity contribution in [1.82, 2.24) is 5.32 Å². The molecule has 5 heteroatoms. The van der Waals surface area contributed by atoms with Crippen LogP contribution in [0.1, 0.15) is 24.3 Å². The SMILES string of the molecule is CC(Cc1cccs1)NC(=O)C(C)(N)c1ccccc1.Cl. The van der Waals surface area contributed by atoms with Crippen LogP contribution in [0.4, 0.5) is 0 Å². The van der Waals surface area contributed by atoms with Crippen molar-refractivity contribution in [2.45, 2.75) is 31.8 Å². The number of nitrogens with one attached hydrogen (secondary N) is 1. The molecule has 21 heavy (non-hydrogen) atoms. The number of carbonyl (C=O) groups excluding carboxylic acids is 1. The average Bonchev–Trinajstić information content (AvgIpc) is 2.92. The minimum Gasteiger partial charge on any atom is -0.351 e. The minimum atomic E-state index is -1.01. The summed E-state index contributed by atoms with van der Waals surface area (Å²) in [6, 6.07) is 13.6. The van der Waals surface area contributed by atoms with Gasteiger partial charge in [0.1, 0.15) is 5.54 Å². The zero-order valence-electron chi connectivity index (χ0n) is 12.2. The zero-order chi connectivity index (χ0) is 14.6. The van der Waals surface area contributed by atoms with Crippen LogP contribution in [0.3, 0.4) is 0 Å². The average molecular weight is 325 g/mol. The van der Waals surface area contributed by atoms with E-state index in [2.05, 4.69) is 11.4 Å². The molecular formula is C16H21ClN2OS. The van der Waals surface area contributed by atoms with Crippen molar-refractivity contribution in [2.24, 2.45) is 5.73 Å². The standard InChI is InChI=1S/C16H20N2OS.ClH/c1-12(11-14-9-6-10-20-14)18-15(19)16(2,17)13-7-4-3-5-8-13;/h3-10,12H,11,17H2,1-2H3,(H,18,19);1H. The summed E-state index contributed by atoms with van der Waals surface area (Å²) in [4.78, 5) is 13.6. The summed E-state index contributed by atoms with van der Waals surface area (Å²) in [5, 5.41) is 5.04. The third-order valence-corrected chi connectivity index (χ3v) is 4.21. The summed E-state index contributed by atoms with van der Waals surface area (Å²) in [7, 11) is 0. The summed E-state index contributed by atoms with van der Waals surface area (Å²) in [5.41, 5.74) is 6.01. The molecule has 3 nitrogen and oxygen atoms in total. The lowest BCUT2D eigenvalue weighted by atomic mass is 9.92. The van der Waals surface area contributed by atoms with Crippen LogP contribution in [0.15, 0.2) is 47.8 Å². The van der Waals surface area contributed by atoms with Crippen molar-refractivity contribution in [1.29, 1.82) is 0 Å². The van der Waals surface area contributed by atoms with Crippen LogP contribution in [0.2, 0.25) is 0 Å². The first-order chi connectivity index (χ1) is 9.50. The number of hydrogen-bond acceptors (Lipinski definition) is 3. The maximum atomic E-state index is 12.4. The first kappa shape index (κ1) is 17.7. The fourth-order valence-corrected chi connectivity index (χ4v) is 2.91. The molecule has 0 radical (unpaired) electrons. The van der Waals surface area contributed by atoms with Gasteiger partial charge in [-0.15, -0.1) is 23.7 Å². The summed E-state index contributed by atoms with van der Waals surface area (Å²) >= 11 is 1.70. The normalized spacial score (nSPS) is 14.6. The van der Waals surface area contributed by atoms with Crippen molar-refractivity contribution in [3.05, 3.63) is 58.3 Å². The summed E-state index contributed by atoms with van der Waals surface area (Å²) in [6.45, 7) is 3.74. The predicted octanol–water partition coefficient (Wildman–Crippen LogP) is 3.09. The molecule has 0 saturated carbocycles. The Labute approximate surface area is 136 Å². The van der Waals surface area contributed by atoms with E-state index in [0.717, 1.165) is 12.0 Å². The lowest BCUT2D eigenvalue weighted by Gasteiger charge is -2.26. The quantitative estimate of drug-likeness (QED) is 0.888. The van der Waals surface area contributed by atoms with Gasteiger partial charge in [0.2, 0.25) is 5.91 Å². The Morgan fingerprint density at radius 1 is 1.29 bits per heavy atom. The highest BCUT2D eigenvalue weighted by atomic mass is 35.5. The molecule has 0 bridgehead atoms. The number of carbonyl (C=O) groups is 1. The van der Waals surface area contributed by atoms with Gasteiger partial charge in [-0.25, -0.2) is 0 Å². The van der Waals surface area contributed by atoms with Gasteiger partial charge < -0.3 is 11.1 Å². The van der Waals surface area contributed by atoms with Gasteiger partial charge in [-0.05, 0) is 30.9 Å². The minimum absolute atomic E-state index is 0. The van der Waals surface area contributed by atoms with Crippen LogP contribution in [0.25, 0.3) is 0 Å². The van der Waals surface area contributed by atoms with Gasteiger partial charge in [-0.2, -0.15) is 0 Å². The van der Waals surface area contributed by atoms with E-state index in [1.165, 1.54) is 4.88 Å². The van der Waals surface area contributed by atoms with E-state index in [-0.39, 0.29) is 24.4 Å². The molecule has 1 aromatic heterocycles. The molecule has 1 heterocycles. The molecule has 1 amide bonds. The zero-order valence-corrected chi connectivity index (χ0v) is 13.8. The van der Waals surface area contributed by atoms with E-state index in [4.69, 9.17) is 5.73 Å². The fraction of sp³-hybridized carbons (Fsp3) is 0.312. The van der Waals surface area contributed by atoms with Crippen molar-refractivity contribution >= 4 is 29.7 Å². The molecule has 0 aliphatic heterocycles. The number of thiophene rings is 1. The van der Waals surface area contributed by atoms with Gasteiger partial charge in [-0.3, -0.25) is 4.79 Å². The molecule has 114 valence electrons. The Morgan fingerprint density at radius 3 is 2.52 bits per heavy atom. The Bertz CT molecular complexity index is 555. The molecule has 2 rings (SSSR count). The Hall–Kier alpha value is -1.36. The van der Waals surface area contributed by atoms with Crippen LogP contribution < -0.4 is 11.1 Å². The molecule has 0 spiro atoms. The maximum absolute atomic E-state index is 12.4. The second kappa shape index (κ2) is 7.59. The Balaban J connectivity index is 0.00000220. The second-order valence-electron chi connectivity index (χ2n) is 5.23. The topological polar surface area (TPSA) is 55.1 Å². The number of benzene rings is 1. The Morgan fingerprint density at radius 2 is 1.95 bits per heavy atom. The highest BCUT2D eigenvalue weighted by Gasteiger charge is 2.31. The number of amides is 1. The van der Waals surface area contributed by atoms with Crippen LogP contribution in [0, 0.1) is 0 Å². The summed E-state index contributed by atoms with van der Waals surface area (Å²) in [5.74, 6) is -0.146. The molecule has 0 aliphatic rings. The Kier molecular flexibility index (Phi) is 6.40. The van der Waals surface area contributed by atoms with Crippen molar-refractivity contribution in [3.63, 3.8) is 0 Å². The largest absolute Gasteiger partial charge is 0.351 e. The van der Waals surface area contributed by atoms with Gasteiger partial charge in [0.05, 0.1) is 0 Å². The highest BCUT2D eigenvalue weighted by molar-refractivity contribution is 7.09. The van der Waals surface area contributed by atoms with E-state index >= 15 is 0 Å². The third kappa shape index (κ3) is 4.56. The molecule has 2 aromatic rings. The maximum Gasteiger partial charge on any atom is 0.244 e.